The number of ketones is 3. The molecule has 2 heterocycles. The molecule has 0 N–H and O–H groups in total. The first-order valence-electron chi connectivity index (χ1n) is 13.0. The first-order chi connectivity index (χ1) is 18.9. The number of aryl methyl sites for hydroxylation is 1. The Bertz CT molecular complexity index is 1690. The Balaban J connectivity index is 1.58. The lowest BCUT2D eigenvalue weighted by Gasteiger charge is -2.37. The lowest BCUT2D eigenvalue weighted by molar-refractivity contribution is 0.0666. The van der Waals surface area contributed by atoms with Crippen molar-refractivity contribution in [3.8, 4) is 0 Å². The zero-order chi connectivity index (χ0) is 26.9. The monoisotopic (exact) mass is 529 g/mol. The molecule has 190 valence electrons. The highest BCUT2D eigenvalue weighted by Crippen LogP contribution is 2.61. The van der Waals surface area contributed by atoms with Gasteiger partial charge in [0.25, 0.3) is 0 Å². The van der Waals surface area contributed by atoms with Gasteiger partial charge in [-0.05, 0) is 35.7 Å². The molecule has 7 rings (SSSR count). The van der Waals surface area contributed by atoms with E-state index in [2.05, 4.69) is 0 Å². The Labute approximate surface area is 231 Å². The lowest BCUT2D eigenvalue weighted by atomic mass is 9.64. The second-order valence-corrected chi connectivity index (χ2v) is 10.9. The molecular weight excluding hydrogens is 506 g/mol. The van der Waals surface area contributed by atoms with Crippen molar-refractivity contribution in [2.75, 3.05) is 4.90 Å². The van der Waals surface area contributed by atoms with Crippen LogP contribution >= 0.6 is 11.6 Å². The van der Waals surface area contributed by atoms with Gasteiger partial charge in [-0.3, -0.25) is 14.4 Å². The molecule has 2 aliphatic heterocycles. The van der Waals surface area contributed by atoms with Crippen molar-refractivity contribution in [2.24, 2.45) is 5.41 Å². The fraction of sp³-hybridized carbons (Fsp3) is 0.147. The average molecular weight is 530 g/mol. The molecule has 0 radical (unpaired) electrons. The molecule has 0 amide bonds. The van der Waals surface area contributed by atoms with Gasteiger partial charge < -0.3 is 4.90 Å². The Kier molecular flexibility index (Phi) is 5.26. The van der Waals surface area contributed by atoms with Crippen LogP contribution in [0.3, 0.4) is 0 Å². The molecule has 0 aromatic heterocycles. The van der Waals surface area contributed by atoms with E-state index < -0.39 is 23.4 Å². The summed E-state index contributed by atoms with van der Waals surface area (Å²) in [7, 11) is 0. The van der Waals surface area contributed by atoms with Crippen molar-refractivity contribution in [1.82, 2.24) is 0 Å². The normalized spacial score (nSPS) is 22.1. The molecule has 4 aromatic rings. The highest BCUT2D eigenvalue weighted by Gasteiger charge is 2.71. The zero-order valence-electron chi connectivity index (χ0n) is 21.2. The van der Waals surface area contributed by atoms with Gasteiger partial charge in [0, 0.05) is 33.3 Å². The van der Waals surface area contributed by atoms with Crippen LogP contribution in [-0.4, -0.2) is 29.4 Å². The topological polar surface area (TPSA) is 54.5 Å². The minimum Gasteiger partial charge on any atom is -0.352 e. The highest BCUT2D eigenvalue weighted by molar-refractivity contribution is 6.34. The van der Waals surface area contributed by atoms with Crippen LogP contribution in [0.2, 0.25) is 5.02 Å². The molecule has 5 heteroatoms. The van der Waals surface area contributed by atoms with Crippen molar-refractivity contribution >= 4 is 40.7 Å². The largest absolute Gasteiger partial charge is 0.352 e. The summed E-state index contributed by atoms with van der Waals surface area (Å²) in [6, 6.07) is 27.9. The van der Waals surface area contributed by atoms with Gasteiger partial charge in [-0.15, -0.1) is 0 Å². The minimum atomic E-state index is -1.55. The van der Waals surface area contributed by atoms with Crippen LogP contribution in [0.25, 0.3) is 6.08 Å². The molecule has 0 saturated carbocycles. The summed E-state index contributed by atoms with van der Waals surface area (Å²) < 4.78 is 0. The predicted octanol–water partition coefficient (Wildman–Crippen LogP) is 6.96. The maximum Gasteiger partial charge on any atom is 0.185 e. The van der Waals surface area contributed by atoms with Crippen molar-refractivity contribution in [1.29, 1.82) is 0 Å². The van der Waals surface area contributed by atoms with E-state index in [0.717, 1.165) is 16.8 Å². The molecular formula is C34H24ClNO3. The predicted molar refractivity (Wildman–Crippen MR) is 153 cm³/mol. The van der Waals surface area contributed by atoms with Crippen LogP contribution < -0.4 is 4.90 Å². The maximum atomic E-state index is 14.6. The first-order valence-corrected chi connectivity index (χ1v) is 13.4. The summed E-state index contributed by atoms with van der Waals surface area (Å²) in [5, 5.41) is 0.428. The molecule has 4 nitrogen and oxygen atoms in total. The van der Waals surface area contributed by atoms with Gasteiger partial charge in [-0.25, -0.2) is 0 Å². The van der Waals surface area contributed by atoms with Gasteiger partial charge >= 0.3 is 0 Å². The SMILES string of the molecule is Cc1ccc2c(c1)N1[C@H](C(=O)c3ccccc3)[C@H](c3ccccc3Cl)C3(C(=O)c4ccccc4C3=O)[C@@H]1C=C2. The number of carbonyl (C=O) groups is 3. The van der Waals surface area contributed by atoms with Crippen LogP contribution in [-0.2, 0) is 0 Å². The molecule has 1 spiro atoms. The standard InChI is InChI=1S/C34H24ClNO3/c1-20-15-16-21-17-18-28-34(32(38)23-11-5-6-12-24(23)33(34)39)29(25-13-7-8-14-26(25)35)30(36(28)27(21)19-20)31(37)22-9-3-2-4-10-22/h2-19,28-30H,1H3/t28-,29-,30-/m0/s1. The van der Waals surface area contributed by atoms with E-state index in [0.29, 0.717) is 27.3 Å². The molecule has 39 heavy (non-hydrogen) atoms. The van der Waals surface area contributed by atoms with Gasteiger partial charge in [-0.2, -0.15) is 0 Å². The number of halogens is 1. The van der Waals surface area contributed by atoms with Gasteiger partial charge in [-0.1, -0.05) is 109 Å². The van der Waals surface area contributed by atoms with E-state index in [-0.39, 0.29) is 17.3 Å². The Morgan fingerprint density at radius 3 is 2.15 bits per heavy atom. The highest BCUT2D eigenvalue weighted by atomic mass is 35.5. The van der Waals surface area contributed by atoms with Crippen molar-refractivity contribution in [2.45, 2.75) is 24.9 Å². The Morgan fingerprint density at radius 1 is 0.821 bits per heavy atom. The number of fused-ring (bicyclic) bond motifs is 5. The molecule has 4 aromatic carbocycles. The molecule has 1 fully saturated rings. The second-order valence-electron chi connectivity index (χ2n) is 10.5. The zero-order valence-corrected chi connectivity index (χ0v) is 21.9. The van der Waals surface area contributed by atoms with Crippen molar-refractivity contribution < 1.29 is 14.4 Å². The van der Waals surface area contributed by atoms with E-state index in [9.17, 15) is 14.4 Å². The van der Waals surface area contributed by atoms with Crippen LogP contribution in [0.1, 0.15) is 53.7 Å². The number of hydrogen-bond acceptors (Lipinski definition) is 4. The number of carbonyl (C=O) groups excluding carboxylic acids is 3. The summed E-state index contributed by atoms with van der Waals surface area (Å²) in [6.45, 7) is 2.00. The van der Waals surface area contributed by atoms with Gasteiger partial charge in [0.1, 0.15) is 11.5 Å². The second kappa shape index (κ2) is 8.62. The third-order valence-electron chi connectivity index (χ3n) is 8.53. The summed E-state index contributed by atoms with van der Waals surface area (Å²) in [5.41, 5.74) is 3.19. The minimum absolute atomic E-state index is 0.151. The molecule has 0 bridgehead atoms. The third kappa shape index (κ3) is 3.15. The van der Waals surface area contributed by atoms with Crippen LogP contribution in [0, 0.1) is 12.3 Å². The van der Waals surface area contributed by atoms with Crippen LogP contribution in [0.5, 0.6) is 0 Å². The van der Waals surface area contributed by atoms with E-state index in [1.807, 2.05) is 78.6 Å². The molecule has 3 atom stereocenters. The molecule has 1 saturated heterocycles. The maximum absolute atomic E-state index is 14.6. The van der Waals surface area contributed by atoms with E-state index in [1.54, 1.807) is 42.5 Å². The van der Waals surface area contributed by atoms with Crippen LogP contribution in [0.15, 0.2) is 103 Å². The van der Waals surface area contributed by atoms with E-state index in [1.165, 1.54) is 0 Å². The Hall–Kier alpha value is -4.28. The number of nitrogens with zero attached hydrogens (tertiary/aromatic N) is 1. The number of Topliss-reactive ketones (excluding diaryl/α,β-unsaturated/α-hetero) is 3. The summed E-state index contributed by atoms with van der Waals surface area (Å²) in [5.74, 6) is -1.48. The number of benzene rings is 4. The third-order valence-corrected chi connectivity index (χ3v) is 8.87. The average Bonchev–Trinajstić information content (AvgIpc) is 3.39. The quantitative estimate of drug-likeness (QED) is 0.212. The van der Waals surface area contributed by atoms with E-state index >= 15 is 0 Å². The summed E-state index contributed by atoms with van der Waals surface area (Å²) in [4.78, 5) is 45.9. The number of hydrogen-bond donors (Lipinski definition) is 0. The summed E-state index contributed by atoms with van der Waals surface area (Å²) >= 11 is 6.84. The van der Waals surface area contributed by atoms with Crippen molar-refractivity contribution in [3.63, 3.8) is 0 Å². The molecule has 0 unspecified atom stereocenters. The van der Waals surface area contributed by atoms with Gasteiger partial charge in [0.05, 0.1) is 6.04 Å². The molecule has 3 aliphatic rings. The molecule has 1 aliphatic carbocycles. The van der Waals surface area contributed by atoms with Gasteiger partial charge in [0.2, 0.25) is 0 Å². The lowest BCUT2D eigenvalue weighted by Crippen LogP contribution is -2.48. The Morgan fingerprint density at radius 2 is 1.46 bits per heavy atom. The van der Waals surface area contributed by atoms with Crippen molar-refractivity contribution in [3.05, 3.63) is 142 Å². The number of rotatable bonds is 3. The summed E-state index contributed by atoms with van der Waals surface area (Å²) in [6.07, 6.45) is 3.90. The van der Waals surface area contributed by atoms with Crippen LogP contribution in [0.4, 0.5) is 5.69 Å². The van der Waals surface area contributed by atoms with E-state index in [4.69, 9.17) is 11.6 Å². The van der Waals surface area contributed by atoms with Gasteiger partial charge in [0.15, 0.2) is 17.3 Å². The fourth-order valence-corrected chi connectivity index (χ4v) is 7.17. The number of anilines is 1. The smallest absolute Gasteiger partial charge is 0.185 e. The first kappa shape index (κ1) is 23.8. The fourth-order valence-electron chi connectivity index (χ4n) is 6.92.